The van der Waals surface area contributed by atoms with E-state index < -0.39 is 6.04 Å². The first kappa shape index (κ1) is 20.7. The summed E-state index contributed by atoms with van der Waals surface area (Å²) in [6.07, 6.45) is 2.67. The summed E-state index contributed by atoms with van der Waals surface area (Å²) in [5.74, 6) is 0.271. The molecule has 6 nitrogen and oxygen atoms in total. The second-order valence-corrected chi connectivity index (χ2v) is 7.41. The van der Waals surface area contributed by atoms with Crippen LogP contribution in [0.2, 0.25) is 0 Å². The molecular weight excluding hydrogens is 355 g/mol. The maximum Gasteiger partial charge on any atom is 0.241 e. The first-order valence-electron chi connectivity index (χ1n) is 8.76. The zero-order valence-corrected chi connectivity index (χ0v) is 16.1. The van der Waals surface area contributed by atoms with E-state index in [4.69, 9.17) is 5.73 Å². The average molecular weight is 383 g/mol. The Kier molecular flexibility index (Phi) is 7.86. The van der Waals surface area contributed by atoms with Gasteiger partial charge in [0.2, 0.25) is 11.8 Å². The van der Waals surface area contributed by atoms with Gasteiger partial charge in [-0.2, -0.15) is 11.8 Å². The molecule has 26 heavy (non-hydrogen) atoms. The van der Waals surface area contributed by atoms with Crippen LogP contribution in [0.1, 0.15) is 13.3 Å². The molecule has 2 atom stereocenters. The molecule has 1 aromatic rings. The number of carbonyl (C=O) groups excluding carboxylic acids is 2. The smallest absolute Gasteiger partial charge is 0.241 e. The van der Waals surface area contributed by atoms with Gasteiger partial charge in [0.25, 0.3) is 0 Å². The molecular formula is C18H27FN4O2S. The van der Waals surface area contributed by atoms with Crippen LogP contribution in [0.3, 0.4) is 0 Å². The number of piperazine rings is 1. The zero-order chi connectivity index (χ0) is 19.1. The van der Waals surface area contributed by atoms with E-state index in [0.717, 1.165) is 5.75 Å². The SMILES string of the molecule is CSCC[C@H](N)C(=O)N1CCN(C(C)C(=O)Nc2cccc(F)c2)CC1. The monoisotopic (exact) mass is 382 g/mol. The molecule has 1 aliphatic rings. The highest BCUT2D eigenvalue weighted by atomic mass is 32.2. The second kappa shape index (κ2) is 9.89. The molecule has 1 aliphatic heterocycles. The van der Waals surface area contributed by atoms with E-state index >= 15 is 0 Å². The van der Waals surface area contributed by atoms with Crippen molar-refractivity contribution < 1.29 is 14.0 Å². The molecule has 0 saturated carbocycles. The van der Waals surface area contributed by atoms with E-state index in [2.05, 4.69) is 5.32 Å². The summed E-state index contributed by atoms with van der Waals surface area (Å²) in [7, 11) is 0. The molecule has 3 N–H and O–H groups in total. The van der Waals surface area contributed by atoms with Crippen LogP contribution in [-0.2, 0) is 9.59 Å². The number of benzene rings is 1. The summed E-state index contributed by atoms with van der Waals surface area (Å²) in [6.45, 7) is 4.15. The summed E-state index contributed by atoms with van der Waals surface area (Å²) < 4.78 is 13.2. The molecule has 0 aliphatic carbocycles. The molecule has 0 radical (unpaired) electrons. The lowest BCUT2D eigenvalue weighted by Crippen LogP contribution is -2.56. The second-order valence-electron chi connectivity index (χ2n) is 6.42. The maximum atomic E-state index is 13.2. The predicted molar refractivity (Wildman–Crippen MR) is 104 cm³/mol. The van der Waals surface area contributed by atoms with Gasteiger partial charge in [-0.25, -0.2) is 4.39 Å². The van der Waals surface area contributed by atoms with E-state index in [0.29, 0.717) is 38.3 Å². The normalized spacial score (nSPS) is 17.6. The van der Waals surface area contributed by atoms with Gasteiger partial charge in [-0.05, 0) is 43.6 Å². The number of carbonyl (C=O) groups is 2. The minimum Gasteiger partial charge on any atom is -0.339 e. The lowest BCUT2D eigenvalue weighted by Gasteiger charge is -2.38. The van der Waals surface area contributed by atoms with Crippen LogP contribution in [-0.4, -0.2) is 71.9 Å². The molecule has 0 aromatic heterocycles. The van der Waals surface area contributed by atoms with Crippen LogP contribution in [0.25, 0.3) is 0 Å². The van der Waals surface area contributed by atoms with Gasteiger partial charge in [-0.3, -0.25) is 14.5 Å². The predicted octanol–water partition coefficient (Wildman–Crippen LogP) is 1.38. The van der Waals surface area contributed by atoms with Crippen molar-refractivity contribution in [1.29, 1.82) is 0 Å². The Morgan fingerprint density at radius 2 is 2.00 bits per heavy atom. The van der Waals surface area contributed by atoms with E-state index in [9.17, 15) is 14.0 Å². The summed E-state index contributed by atoms with van der Waals surface area (Å²) in [5, 5.41) is 2.73. The van der Waals surface area contributed by atoms with Crippen molar-refractivity contribution in [3.63, 3.8) is 0 Å². The highest BCUT2D eigenvalue weighted by molar-refractivity contribution is 7.98. The number of amides is 2. The van der Waals surface area contributed by atoms with Gasteiger partial charge in [-0.1, -0.05) is 6.07 Å². The molecule has 2 amide bonds. The molecule has 2 rings (SSSR count). The fraction of sp³-hybridized carbons (Fsp3) is 0.556. The summed E-state index contributed by atoms with van der Waals surface area (Å²) in [6, 6.07) is 5.01. The van der Waals surface area contributed by atoms with Crippen LogP contribution in [0.4, 0.5) is 10.1 Å². The first-order valence-corrected chi connectivity index (χ1v) is 10.2. The molecule has 1 fully saturated rings. The number of nitrogens with zero attached hydrogens (tertiary/aromatic N) is 2. The highest BCUT2D eigenvalue weighted by Gasteiger charge is 2.29. The van der Waals surface area contributed by atoms with Gasteiger partial charge >= 0.3 is 0 Å². The van der Waals surface area contributed by atoms with Gasteiger partial charge < -0.3 is 16.0 Å². The number of nitrogens with one attached hydrogen (secondary N) is 1. The number of hydrogen-bond donors (Lipinski definition) is 2. The third-order valence-corrected chi connectivity index (χ3v) is 5.24. The standard InChI is InChI=1S/C18H27FN4O2S/c1-13(17(24)21-15-5-3-4-14(19)12-15)22-7-9-23(10-8-22)18(25)16(20)6-11-26-2/h3-5,12-13,16H,6-11,20H2,1-2H3,(H,21,24)/t13?,16-/m0/s1. The Balaban J connectivity index is 1.82. The third kappa shape index (κ3) is 5.69. The molecule has 0 bridgehead atoms. The number of hydrogen-bond acceptors (Lipinski definition) is 5. The first-order chi connectivity index (χ1) is 12.4. The van der Waals surface area contributed by atoms with E-state index in [1.54, 1.807) is 28.8 Å². The lowest BCUT2D eigenvalue weighted by molar-refractivity contribution is -0.135. The van der Waals surface area contributed by atoms with Crippen molar-refractivity contribution in [2.45, 2.75) is 25.4 Å². The van der Waals surface area contributed by atoms with Gasteiger partial charge in [0, 0.05) is 31.9 Å². The van der Waals surface area contributed by atoms with Crippen molar-refractivity contribution in [3.05, 3.63) is 30.1 Å². The zero-order valence-electron chi connectivity index (χ0n) is 15.3. The lowest BCUT2D eigenvalue weighted by atomic mass is 10.1. The molecule has 8 heteroatoms. The van der Waals surface area contributed by atoms with Gasteiger partial charge in [0.05, 0.1) is 12.1 Å². The molecule has 144 valence electrons. The number of halogens is 1. The van der Waals surface area contributed by atoms with E-state index in [1.807, 2.05) is 18.1 Å². The van der Waals surface area contributed by atoms with Gasteiger partial charge in [-0.15, -0.1) is 0 Å². The molecule has 1 unspecified atom stereocenters. The topological polar surface area (TPSA) is 78.7 Å². The molecule has 1 heterocycles. The third-order valence-electron chi connectivity index (χ3n) is 4.60. The van der Waals surface area contributed by atoms with Crippen LogP contribution in [0, 0.1) is 5.82 Å². The molecule has 1 saturated heterocycles. The van der Waals surface area contributed by atoms with Crippen molar-refractivity contribution in [2.75, 3.05) is 43.5 Å². The minimum absolute atomic E-state index is 0.0180. The number of thioether (sulfide) groups is 1. The Labute approximate surface area is 158 Å². The summed E-state index contributed by atoms with van der Waals surface area (Å²) in [4.78, 5) is 28.5. The summed E-state index contributed by atoms with van der Waals surface area (Å²) in [5.41, 5.74) is 6.40. The Bertz CT molecular complexity index is 623. The average Bonchev–Trinajstić information content (AvgIpc) is 2.65. The van der Waals surface area contributed by atoms with Crippen LogP contribution in [0.15, 0.2) is 24.3 Å². The molecule has 1 aromatic carbocycles. The fourth-order valence-electron chi connectivity index (χ4n) is 2.91. The van der Waals surface area contributed by atoms with E-state index in [-0.39, 0.29) is 23.7 Å². The van der Waals surface area contributed by atoms with E-state index in [1.165, 1.54) is 12.1 Å². The van der Waals surface area contributed by atoms with Crippen LogP contribution < -0.4 is 11.1 Å². The number of anilines is 1. The maximum absolute atomic E-state index is 13.2. The van der Waals surface area contributed by atoms with Crippen molar-refractivity contribution >= 4 is 29.3 Å². The van der Waals surface area contributed by atoms with Crippen molar-refractivity contribution in [1.82, 2.24) is 9.80 Å². The highest BCUT2D eigenvalue weighted by Crippen LogP contribution is 2.13. The largest absolute Gasteiger partial charge is 0.339 e. The van der Waals surface area contributed by atoms with Crippen molar-refractivity contribution in [3.8, 4) is 0 Å². The number of rotatable bonds is 7. The molecule has 0 spiro atoms. The van der Waals surface area contributed by atoms with Crippen LogP contribution >= 0.6 is 11.8 Å². The Hall–Kier alpha value is -1.64. The summed E-state index contributed by atoms with van der Waals surface area (Å²) >= 11 is 1.68. The van der Waals surface area contributed by atoms with Crippen molar-refractivity contribution in [2.24, 2.45) is 5.73 Å². The van der Waals surface area contributed by atoms with Gasteiger partial charge in [0.15, 0.2) is 0 Å². The Morgan fingerprint density at radius 1 is 1.31 bits per heavy atom. The fourth-order valence-corrected chi connectivity index (χ4v) is 3.40. The number of nitrogens with two attached hydrogens (primary N) is 1. The van der Waals surface area contributed by atoms with Gasteiger partial charge in [0.1, 0.15) is 5.82 Å². The minimum atomic E-state index is -0.456. The Morgan fingerprint density at radius 3 is 2.62 bits per heavy atom. The quantitative estimate of drug-likeness (QED) is 0.745. The van der Waals surface area contributed by atoms with Crippen LogP contribution in [0.5, 0.6) is 0 Å².